The molecule has 322 valence electrons. The number of aliphatic hydroxyl groups excluding tert-OH is 1. The summed E-state index contributed by atoms with van der Waals surface area (Å²) < 4.78 is 7.98. The van der Waals surface area contributed by atoms with Gasteiger partial charge in [-0.15, -0.1) is 11.3 Å². The number of β-amino-alcohol motifs (C(OH)–C–C–N with tert-alkyl or cyclic N) is 1. The summed E-state index contributed by atoms with van der Waals surface area (Å²) in [6, 6.07) is 21.1. The molecule has 3 aromatic carbocycles. The number of fused-ring (bicyclic) bond motifs is 5. The molecular formula is C48H52ClN7O5S. The highest BCUT2D eigenvalue weighted by Gasteiger charge is 2.44. The summed E-state index contributed by atoms with van der Waals surface area (Å²) in [5, 5.41) is 19.1. The van der Waals surface area contributed by atoms with Crippen LogP contribution in [0.2, 0.25) is 5.02 Å². The van der Waals surface area contributed by atoms with E-state index in [1.807, 2.05) is 75.7 Å². The van der Waals surface area contributed by atoms with E-state index in [4.69, 9.17) is 16.1 Å². The van der Waals surface area contributed by atoms with Crippen LogP contribution in [0.15, 0.2) is 81.6 Å². The summed E-state index contributed by atoms with van der Waals surface area (Å²) in [6.07, 6.45) is 1.29. The van der Waals surface area contributed by atoms with E-state index in [2.05, 4.69) is 62.0 Å². The number of carbonyl (C=O) groups excluding carboxylic acids is 2. The number of aliphatic hydroxyl groups is 1. The van der Waals surface area contributed by atoms with Gasteiger partial charge in [0.15, 0.2) is 0 Å². The van der Waals surface area contributed by atoms with E-state index in [9.17, 15) is 19.5 Å². The second kappa shape index (κ2) is 16.5. The molecule has 12 nitrogen and oxygen atoms in total. The van der Waals surface area contributed by atoms with Crippen LogP contribution in [0.3, 0.4) is 0 Å². The molecule has 2 amide bonds. The quantitative estimate of drug-likeness (QED) is 0.140. The number of thiazole rings is 1. The van der Waals surface area contributed by atoms with Gasteiger partial charge in [0.05, 0.1) is 60.9 Å². The molecule has 14 heteroatoms. The number of amides is 2. The van der Waals surface area contributed by atoms with Gasteiger partial charge < -0.3 is 19.8 Å². The molecular weight excluding hydrogens is 822 g/mol. The van der Waals surface area contributed by atoms with Gasteiger partial charge in [0.25, 0.3) is 5.56 Å². The number of benzene rings is 3. The van der Waals surface area contributed by atoms with Crippen molar-refractivity contribution in [3.05, 3.63) is 127 Å². The van der Waals surface area contributed by atoms with Crippen LogP contribution in [-0.4, -0.2) is 78.2 Å². The van der Waals surface area contributed by atoms with E-state index < -0.39 is 23.5 Å². The second-order valence-electron chi connectivity index (χ2n) is 18.1. The Kier molecular flexibility index (Phi) is 11.2. The maximum Gasteiger partial charge on any atom is 0.282 e. The smallest absolute Gasteiger partial charge is 0.282 e. The van der Waals surface area contributed by atoms with E-state index in [1.165, 1.54) is 10.5 Å². The maximum atomic E-state index is 14.3. The van der Waals surface area contributed by atoms with Gasteiger partial charge in [-0.2, -0.15) is 4.98 Å². The third-order valence-corrected chi connectivity index (χ3v) is 14.6. The van der Waals surface area contributed by atoms with Gasteiger partial charge >= 0.3 is 0 Å². The molecule has 0 aliphatic carbocycles. The Bertz CT molecular complexity index is 2730. The number of hydrogen-bond acceptors (Lipinski definition) is 10. The Balaban J connectivity index is 0.837. The Labute approximate surface area is 369 Å². The van der Waals surface area contributed by atoms with Gasteiger partial charge in [-0.3, -0.25) is 23.9 Å². The lowest BCUT2D eigenvalue weighted by atomic mass is 9.81. The fourth-order valence-electron chi connectivity index (χ4n) is 9.83. The van der Waals surface area contributed by atoms with Crippen LogP contribution in [-0.2, 0) is 21.5 Å². The van der Waals surface area contributed by atoms with Crippen LogP contribution in [0.1, 0.15) is 111 Å². The first kappa shape index (κ1) is 42.1. The SMILES string of the molecule is Cc1ncsc1-c1ccc([C@H](C)NC(=O)[C@@H]2C[C@@H](O)CN2C(=O)C(c2cc(CN3CCC(c4ccc5c(c4)C(C)(C)c4nc(=O)c6c(Cl)cccc6n4-5)CC3)no2)C(C)C)cc1. The van der Waals surface area contributed by atoms with Crippen molar-refractivity contribution < 1.29 is 19.2 Å². The molecule has 2 N–H and O–H groups in total. The van der Waals surface area contributed by atoms with Gasteiger partial charge in [-0.05, 0) is 106 Å². The highest BCUT2D eigenvalue weighted by Crippen LogP contribution is 2.45. The van der Waals surface area contributed by atoms with Crippen molar-refractivity contribution in [3.63, 3.8) is 0 Å². The predicted octanol–water partition coefficient (Wildman–Crippen LogP) is 8.06. The summed E-state index contributed by atoms with van der Waals surface area (Å²) in [7, 11) is 0. The van der Waals surface area contributed by atoms with Crippen LogP contribution >= 0.6 is 22.9 Å². The summed E-state index contributed by atoms with van der Waals surface area (Å²) >= 11 is 8.07. The molecule has 9 rings (SSSR count). The minimum atomic E-state index is -0.810. The van der Waals surface area contributed by atoms with Gasteiger partial charge in [0.2, 0.25) is 11.8 Å². The standard InChI is InChI=1S/C48H52ClN7O5S/c1-26(2)41(46(60)55-24-34(57)22-39(55)44(58)51-27(3)29-10-12-31(13-11-29)43-28(4)50-25-62-43)40-21-33(53-61-40)23-54-18-16-30(17-19-54)32-14-15-37-35(20-32)48(5,6)47-52-45(59)42-36(49)8-7-9-38(42)56(37)47/h7-15,20-21,25-27,30,34,39,41,57H,16-19,22-24H2,1-6H3,(H,51,58)/t27-,34+,39-,41?/m0/s1. The van der Waals surface area contributed by atoms with Gasteiger partial charge in [0.1, 0.15) is 23.5 Å². The molecule has 0 radical (unpaired) electrons. The zero-order valence-corrected chi connectivity index (χ0v) is 37.5. The predicted molar refractivity (Wildman–Crippen MR) is 241 cm³/mol. The average molecular weight is 875 g/mol. The average Bonchev–Trinajstić information content (AvgIpc) is 4.04. The number of hydrogen-bond donors (Lipinski definition) is 2. The van der Waals surface area contributed by atoms with E-state index in [0.29, 0.717) is 28.6 Å². The van der Waals surface area contributed by atoms with Crippen LogP contribution in [0.25, 0.3) is 27.0 Å². The minimum absolute atomic E-state index is 0.0740. The number of carbonyl (C=O) groups is 2. The molecule has 62 heavy (non-hydrogen) atoms. The second-order valence-corrected chi connectivity index (χ2v) is 19.4. The van der Waals surface area contributed by atoms with Crippen molar-refractivity contribution in [3.8, 4) is 16.1 Å². The first-order valence-corrected chi connectivity index (χ1v) is 22.8. The molecule has 6 heterocycles. The molecule has 0 bridgehead atoms. The lowest BCUT2D eigenvalue weighted by Crippen LogP contribution is -2.48. The maximum absolute atomic E-state index is 14.3. The van der Waals surface area contributed by atoms with E-state index >= 15 is 0 Å². The van der Waals surface area contributed by atoms with Crippen molar-refractivity contribution in [1.29, 1.82) is 0 Å². The molecule has 2 fully saturated rings. The Morgan fingerprint density at radius 3 is 2.52 bits per heavy atom. The number of piperidine rings is 1. The number of aromatic nitrogens is 4. The largest absolute Gasteiger partial charge is 0.391 e. The Morgan fingerprint density at radius 1 is 1.05 bits per heavy atom. The number of aryl methyl sites for hydroxylation is 1. The number of nitrogens with zero attached hydrogens (tertiary/aromatic N) is 6. The molecule has 4 atom stereocenters. The molecule has 0 saturated carbocycles. The third kappa shape index (κ3) is 7.56. The van der Waals surface area contributed by atoms with Gasteiger partial charge in [0, 0.05) is 25.6 Å². The number of rotatable bonds is 10. The first-order chi connectivity index (χ1) is 29.7. The molecule has 3 aliphatic heterocycles. The molecule has 0 spiro atoms. The number of nitrogens with one attached hydrogen (secondary N) is 1. The summed E-state index contributed by atoms with van der Waals surface area (Å²) in [6.45, 7) is 14.5. The van der Waals surface area contributed by atoms with Crippen LogP contribution < -0.4 is 10.9 Å². The van der Waals surface area contributed by atoms with E-state index in [0.717, 1.165) is 75.9 Å². The topological polar surface area (TPSA) is 147 Å². The Morgan fingerprint density at radius 2 is 1.81 bits per heavy atom. The van der Waals surface area contributed by atoms with E-state index in [-0.39, 0.29) is 42.3 Å². The van der Waals surface area contributed by atoms with Crippen molar-refractivity contribution in [2.75, 3.05) is 19.6 Å². The molecule has 3 aromatic heterocycles. The minimum Gasteiger partial charge on any atom is -0.391 e. The lowest BCUT2D eigenvalue weighted by molar-refractivity contribution is -0.141. The molecule has 1 unspecified atom stereocenters. The zero-order valence-electron chi connectivity index (χ0n) is 35.9. The summed E-state index contributed by atoms with van der Waals surface area (Å²) in [5.41, 5.74) is 9.05. The molecule has 6 aromatic rings. The third-order valence-electron chi connectivity index (χ3n) is 13.3. The Hall–Kier alpha value is -5.21. The molecule has 2 saturated heterocycles. The fourth-order valence-corrected chi connectivity index (χ4v) is 10.9. The van der Waals surface area contributed by atoms with Crippen LogP contribution in [0.4, 0.5) is 0 Å². The zero-order chi connectivity index (χ0) is 43.6. The first-order valence-electron chi connectivity index (χ1n) is 21.5. The highest BCUT2D eigenvalue weighted by molar-refractivity contribution is 7.13. The monoisotopic (exact) mass is 873 g/mol. The van der Waals surface area contributed by atoms with Crippen LogP contribution in [0.5, 0.6) is 0 Å². The normalized spacial score (nSPS) is 19.8. The highest BCUT2D eigenvalue weighted by atomic mass is 35.5. The lowest BCUT2D eigenvalue weighted by Gasteiger charge is -2.32. The van der Waals surface area contributed by atoms with Gasteiger partial charge in [-0.1, -0.05) is 73.1 Å². The summed E-state index contributed by atoms with van der Waals surface area (Å²) in [4.78, 5) is 55.1. The van der Waals surface area contributed by atoms with Crippen LogP contribution in [0, 0.1) is 12.8 Å². The van der Waals surface area contributed by atoms with Crippen molar-refractivity contribution in [2.45, 2.75) is 103 Å². The van der Waals surface area contributed by atoms with Crippen molar-refractivity contribution in [2.24, 2.45) is 5.92 Å². The van der Waals surface area contributed by atoms with Crippen molar-refractivity contribution in [1.82, 2.24) is 34.8 Å². The number of halogens is 1. The van der Waals surface area contributed by atoms with Crippen molar-refractivity contribution >= 4 is 45.7 Å². The van der Waals surface area contributed by atoms with Gasteiger partial charge in [-0.25, -0.2) is 4.98 Å². The number of likely N-dealkylation sites (tertiary alicyclic amines) is 2. The molecule has 3 aliphatic rings. The van der Waals surface area contributed by atoms with E-state index in [1.54, 1.807) is 17.4 Å². The fraction of sp³-hybridized carbons (Fsp3) is 0.417. The summed E-state index contributed by atoms with van der Waals surface area (Å²) in [5.74, 6) is 0.205.